The number of hydrogen-bond donors (Lipinski definition) is 2. The summed E-state index contributed by atoms with van der Waals surface area (Å²) in [6.07, 6.45) is 1.72. The third kappa shape index (κ3) is 4.23. The number of nitrogens with one attached hydrogen (secondary N) is 2. The summed E-state index contributed by atoms with van der Waals surface area (Å²) in [4.78, 5) is 8.72. The van der Waals surface area contributed by atoms with Crippen LogP contribution < -0.4 is 15.4 Å². The first-order valence-corrected chi connectivity index (χ1v) is 8.25. The number of anilines is 3. The SMILES string of the molecule is COc1ccccc1CNc1ccnc(Nc2ccc(Br)cc2)n1. The Morgan fingerprint density at radius 3 is 2.62 bits per heavy atom. The Balaban J connectivity index is 1.68. The monoisotopic (exact) mass is 384 g/mol. The summed E-state index contributed by atoms with van der Waals surface area (Å²) in [5, 5.41) is 6.48. The second-order valence-corrected chi connectivity index (χ2v) is 5.98. The van der Waals surface area contributed by atoms with Crippen LogP contribution >= 0.6 is 15.9 Å². The zero-order valence-corrected chi connectivity index (χ0v) is 14.7. The molecule has 1 heterocycles. The molecule has 6 heteroatoms. The van der Waals surface area contributed by atoms with Gasteiger partial charge in [-0.3, -0.25) is 0 Å². The van der Waals surface area contributed by atoms with Crippen molar-refractivity contribution in [3.63, 3.8) is 0 Å². The second kappa shape index (κ2) is 7.79. The molecule has 0 aliphatic heterocycles. The molecular formula is C18H17BrN4O. The Kier molecular flexibility index (Phi) is 5.28. The second-order valence-electron chi connectivity index (χ2n) is 5.06. The molecule has 2 aromatic carbocycles. The Labute approximate surface area is 149 Å². The van der Waals surface area contributed by atoms with Crippen molar-refractivity contribution < 1.29 is 4.74 Å². The molecule has 0 amide bonds. The summed E-state index contributed by atoms with van der Waals surface area (Å²) in [6, 6.07) is 17.6. The summed E-state index contributed by atoms with van der Waals surface area (Å²) in [7, 11) is 1.67. The van der Waals surface area contributed by atoms with Crippen molar-refractivity contribution in [2.75, 3.05) is 17.7 Å². The lowest BCUT2D eigenvalue weighted by Crippen LogP contribution is -2.05. The van der Waals surface area contributed by atoms with Crippen molar-refractivity contribution >= 4 is 33.4 Å². The normalized spacial score (nSPS) is 10.2. The number of aromatic nitrogens is 2. The summed E-state index contributed by atoms with van der Waals surface area (Å²) >= 11 is 3.42. The molecule has 122 valence electrons. The van der Waals surface area contributed by atoms with Crippen molar-refractivity contribution in [2.45, 2.75) is 6.54 Å². The highest BCUT2D eigenvalue weighted by Crippen LogP contribution is 2.20. The number of halogens is 1. The fourth-order valence-electron chi connectivity index (χ4n) is 2.21. The molecule has 1 aromatic heterocycles. The van der Waals surface area contributed by atoms with Gasteiger partial charge >= 0.3 is 0 Å². The topological polar surface area (TPSA) is 59.1 Å². The fraction of sp³-hybridized carbons (Fsp3) is 0.111. The van der Waals surface area contributed by atoms with Crippen molar-refractivity contribution in [1.82, 2.24) is 9.97 Å². The van der Waals surface area contributed by atoms with Crippen LogP contribution in [0.4, 0.5) is 17.5 Å². The maximum Gasteiger partial charge on any atom is 0.229 e. The van der Waals surface area contributed by atoms with Gasteiger partial charge in [0, 0.05) is 28.5 Å². The number of benzene rings is 2. The van der Waals surface area contributed by atoms with E-state index in [1.54, 1.807) is 13.3 Å². The number of ether oxygens (including phenoxy) is 1. The molecule has 0 atom stereocenters. The zero-order valence-electron chi connectivity index (χ0n) is 13.2. The molecule has 0 unspecified atom stereocenters. The molecule has 3 rings (SSSR count). The first-order chi connectivity index (χ1) is 11.7. The van der Waals surface area contributed by atoms with E-state index >= 15 is 0 Å². The summed E-state index contributed by atoms with van der Waals surface area (Å²) in [5.41, 5.74) is 2.00. The van der Waals surface area contributed by atoms with Crippen LogP contribution in [0, 0.1) is 0 Å². The molecule has 0 spiro atoms. The third-order valence-corrected chi connectivity index (χ3v) is 3.94. The number of methoxy groups -OCH3 is 1. The van der Waals surface area contributed by atoms with E-state index in [0.717, 1.165) is 27.3 Å². The van der Waals surface area contributed by atoms with Gasteiger partial charge in [-0.25, -0.2) is 4.98 Å². The van der Waals surface area contributed by atoms with Gasteiger partial charge in [0.05, 0.1) is 7.11 Å². The van der Waals surface area contributed by atoms with Gasteiger partial charge in [0.25, 0.3) is 0 Å². The average molecular weight is 385 g/mol. The number of nitrogens with zero attached hydrogens (tertiary/aromatic N) is 2. The van der Waals surface area contributed by atoms with Crippen LogP contribution in [-0.4, -0.2) is 17.1 Å². The molecule has 0 saturated heterocycles. The van der Waals surface area contributed by atoms with Crippen LogP contribution in [-0.2, 0) is 6.54 Å². The van der Waals surface area contributed by atoms with Gasteiger partial charge in [-0.15, -0.1) is 0 Å². The van der Waals surface area contributed by atoms with E-state index in [9.17, 15) is 0 Å². The Morgan fingerprint density at radius 2 is 1.83 bits per heavy atom. The van der Waals surface area contributed by atoms with Crippen molar-refractivity contribution in [2.24, 2.45) is 0 Å². The molecular weight excluding hydrogens is 368 g/mol. The third-order valence-electron chi connectivity index (χ3n) is 3.41. The molecule has 0 radical (unpaired) electrons. The molecule has 5 nitrogen and oxygen atoms in total. The summed E-state index contributed by atoms with van der Waals surface area (Å²) in [6.45, 7) is 0.624. The van der Waals surface area contributed by atoms with E-state index in [4.69, 9.17) is 4.74 Å². The summed E-state index contributed by atoms with van der Waals surface area (Å²) in [5.74, 6) is 2.14. The number of hydrogen-bond acceptors (Lipinski definition) is 5. The number of rotatable bonds is 6. The largest absolute Gasteiger partial charge is 0.496 e. The lowest BCUT2D eigenvalue weighted by Gasteiger charge is -2.11. The van der Waals surface area contributed by atoms with Crippen LogP contribution in [0.25, 0.3) is 0 Å². The smallest absolute Gasteiger partial charge is 0.229 e. The highest BCUT2D eigenvalue weighted by atomic mass is 79.9. The van der Waals surface area contributed by atoms with Gasteiger partial charge < -0.3 is 15.4 Å². The van der Waals surface area contributed by atoms with E-state index in [0.29, 0.717) is 12.5 Å². The first-order valence-electron chi connectivity index (χ1n) is 7.46. The summed E-state index contributed by atoms with van der Waals surface area (Å²) < 4.78 is 6.39. The Hall–Kier alpha value is -2.60. The van der Waals surface area contributed by atoms with Crippen LogP contribution in [0.5, 0.6) is 5.75 Å². The molecule has 3 aromatic rings. The molecule has 0 aliphatic rings. The Bertz CT molecular complexity index is 808. The van der Waals surface area contributed by atoms with E-state index < -0.39 is 0 Å². The maximum absolute atomic E-state index is 5.36. The highest BCUT2D eigenvalue weighted by Gasteiger charge is 2.03. The predicted molar refractivity (Wildman–Crippen MR) is 99.8 cm³/mol. The van der Waals surface area contributed by atoms with E-state index in [1.165, 1.54) is 0 Å². The highest BCUT2D eigenvalue weighted by molar-refractivity contribution is 9.10. The van der Waals surface area contributed by atoms with Crippen LogP contribution in [0.1, 0.15) is 5.56 Å². The van der Waals surface area contributed by atoms with Crippen LogP contribution in [0.2, 0.25) is 0 Å². The van der Waals surface area contributed by atoms with Crippen LogP contribution in [0.15, 0.2) is 65.3 Å². The number of para-hydroxylation sites is 1. The van der Waals surface area contributed by atoms with Gasteiger partial charge in [0.15, 0.2) is 0 Å². The first kappa shape index (κ1) is 16.3. The predicted octanol–water partition coefficient (Wildman–Crippen LogP) is 4.60. The van der Waals surface area contributed by atoms with Gasteiger partial charge in [0.2, 0.25) is 5.95 Å². The van der Waals surface area contributed by atoms with E-state index in [2.05, 4.69) is 36.5 Å². The molecule has 24 heavy (non-hydrogen) atoms. The van der Waals surface area contributed by atoms with E-state index in [1.807, 2.05) is 54.6 Å². The molecule has 0 aliphatic carbocycles. The average Bonchev–Trinajstić information content (AvgIpc) is 2.62. The van der Waals surface area contributed by atoms with Gasteiger partial charge in [-0.05, 0) is 36.4 Å². The standard InChI is InChI=1S/C18H17BrN4O/c1-24-16-5-3-2-4-13(16)12-21-17-10-11-20-18(23-17)22-15-8-6-14(19)7-9-15/h2-11H,12H2,1H3,(H2,20,21,22,23). The van der Waals surface area contributed by atoms with Crippen molar-refractivity contribution in [3.8, 4) is 5.75 Å². The lowest BCUT2D eigenvalue weighted by molar-refractivity contribution is 0.410. The Morgan fingerprint density at radius 1 is 1.04 bits per heavy atom. The molecule has 0 bridgehead atoms. The minimum Gasteiger partial charge on any atom is -0.496 e. The molecule has 2 N–H and O–H groups in total. The molecule has 0 fully saturated rings. The minimum absolute atomic E-state index is 0.544. The van der Waals surface area contributed by atoms with Gasteiger partial charge in [0.1, 0.15) is 11.6 Å². The minimum atomic E-state index is 0.544. The quantitative estimate of drug-likeness (QED) is 0.649. The zero-order chi connectivity index (χ0) is 16.8. The molecule has 0 saturated carbocycles. The fourth-order valence-corrected chi connectivity index (χ4v) is 2.48. The lowest BCUT2D eigenvalue weighted by atomic mass is 10.2. The van der Waals surface area contributed by atoms with E-state index in [-0.39, 0.29) is 0 Å². The van der Waals surface area contributed by atoms with Gasteiger partial charge in [-0.2, -0.15) is 4.98 Å². The maximum atomic E-state index is 5.36. The van der Waals surface area contributed by atoms with Crippen LogP contribution in [0.3, 0.4) is 0 Å². The van der Waals surface area contributed by atoms with Gasteiger partial charge in [-0.1, -0.05) is 34.1 Å². The van der Waals surface area contributed by atoms with Crippen molar-refractivity contribution in [1.29, 1.82) is 0 Å². The van der Waals surface area contributed by atoms with Crippen molar-refractivity contribution in [3.05, 3.63) is 70.8 Å².